The first-order chi connectivity index (χ1) is 13.1. The van der Waals surface area contributed by atoms with Crippen molar-refractivity contribution in [1.82, 2.24) is 4.72 Å². The van der Waals surface area contributed by atoms with Gasteiger partial charge in [-0.15, -0.1) is 0 Å². The second-order valence-electron chi connectivity index (χ2n) is 7.55. The second-order valence-corrected chi connectivity index (χ2v) is 11.4. The number of rotatable bonds is 6. The molecule has 3 N–H and O–H groups in total. The highest BCUT2D eigenvalue weighted by Gasteiger charge is 2.32. The average Bonchev–Trinajstić information content (AvgIpc) is 3.08. The molecule has 0 amide bonds. The lowest BCUT2D eigenvalue weighted by Crippen LogP contribution is -2.40. The number of nitrogens with one attached hydrogen (secondary N) is 1. The third kappa shape index (κ3) is 4.63. The van der Waals surface area contributed by atoms with Gasteiger partial charge in [0.1, 0.15) is 0 Å². The molecule has 0 spiro atoms. The van der Waals surface area contributed by atoms with E-state index in [4.69, 9.17) is 5.14 Å². The highest BCUT2D eigenvalue weighted by molar-refractivity contribution is 7.90. The van der Waals surface area contributed by atoms with Crippen LogP contribution in [0.2, 0.25) is 0 Å². The first kappa shape index (κ1) is 21.0. The summed E-state index contributed by atoms with van der Waals surface area (Å²) < 4.78 is 50.1. The number of primary sulfonamides is 1. The summed E-state index contributed by atoms with van der Waals surface area (Å²) in [4.78, 5) is 0.0825. The molecule has 2 atom stereocenters. The Morgan fingerprint density at radius 1 is 0.893 bits per heavy atom. The topological polar surface area (TPSA) is 106 Å². The van der Waals surface area contributed by atoms with Crippen LogP contribution in [-0.4, -0.2) is 28.1 Å². The largest absolute Gasteiger partial charge is 0.238 e. The highest BCUT2D eigenvalue weighted by Crippen LogP contribution is 2.36. The molecule has 0 heterocycles. The summed E-state index contributed by atoms with van der Waals surface area (Å²) in [7, 11) is -7.00. The van der Waals surface area contributed by atoms with Crippen LogP contribution in [0.15, 0.2) is 53.4 Å². The van der Waals surface area contributed by atoms with E-state index in [9.17, 15) is 16.8 Å². The van der Waals surface area contributed by atoms with Crippen molar-refractivity contribution in [3.63, 3.8) is 0 Å². The van der Waals surface area contributed by atoms with Crippen LogP contribution in [0, 0.1) is 0 Å². The quantitative estimate of drug-likeness (QED) is 0.746. The number of sulfonamides is 2. The van der Waals surface area contributed by atoms with E-state index in [2.05, 4.69) is 4.72 Å². The Morgan fingerprint density at radius 3 is 1.93 bits per heavy atom. The Labute approximate surface area is 167 Å². The standard InChI is InChI=1S/C20H26N2O4S2/c1-14(2)28(25,26)22-20-5-3-4-19(20)17-8-6-15(7-9-17)16-10-12-18(13-11-16)27(21,23)24/h6-14,19-20,22H,3-5H2,1-2H3,(H2,21,23,24). The molecule has 1 aliphatic carbocycles. The van der Waals surface area contributed by atoms with E-state index in [-0.39, 0.29) is 16.9 Å². The molecule has 152 valence electrons. The van der Waals surface area contributed by atoms with Crippen LogP contribution >= 0.6 is 0 Å². The van der Waals surface area contributed by atoms with Crippen LogP contribution in [0.5, 0.6) is 0 Å². The van der Waals surface area contributed by atoms with Crippen LogP contribution in [-0.2, 0) is 20.0 Å². The SMILES string of the molecule is CC(C)S(=O)(=O)NC1CCCC1c1ccc(-c2ccc(S(N)(=O)=O)cc2)cc1. The van der Waals surface area contributed by atoms with E-state index >= 15 is 0 Å². The van der Waals surface area contributed by atoms with Gasteiger partial charge in [0.05, 0.1) is 10.1 Å². The van der Waals surface area contributed by atoms with Crippen molar-refractivity contribution in [2.45, 2.75) is 55.2 Å². The van der Waals surface area contributed by atoms with Gasteiger partial charge in [0.2, 0.25) is 20.0 Å². The lowest BCUT2D eigenvalue weighted by atomic mass is 9.93. The normalized spacial score (nSPS) is 20.6. The van der Waals surface area contributed by atoms with Crippen molar-refractivity contribution < 1.29 is 16.8 Å². The predicted octanol–water partition coefficient (Wildman–Crippen LogP) is 2.96. The van der Waals surface area contributed by atoms with Crippen molar-refractivity contribution in [3.05, 3.63) is 54.1 Å². The number of benzene rings is 2. The molecule has 0 aliphatic heterocycles. The Kier molecular flexibility index (Phi) is 5.95. The smallest absolute Gasteiger partial charge is 0.225 e. The average molecular weight is 423 g/mol. The lowest BCUT2D eigenvalue weighted by molar-refractivity contribution is 0.519. The molecule has 1 fully saturated rings. The Morgan fingerprint density at radius 2 is 1.43 bits per heavy atom. The Balaban J connectivity index is 1.78. The van der Waals surface area contributed by atoms with E-state index in [0.717, 1.165) is 36.0 Å². The molecule has 3 rings (SSSR count). The van der Waals surface area contributed by atoms with Crippen LogP contribution in [0.3, 0.4) is 0 Å². The zero-order valence-corrected chi connectivity index (χ0v) is 17.6. The van der Waals surface area contributed by atoms with Gasteiger partial charge >= 0.3 is 0 Å². The molecule has 0 radical (unpaired) electrons. The molecule has 0 saturated heterocycles. The molecule has 1 aliphatic rings. The third-order valence-electron chi connectivity index (χ3n) is 5.31. The van der Waals surface area contributed by atoms with E-state index in [0.29, 0.717) is 0 Å². The maximum absolute atomic E-state index is 12.2. The molecule has 2 aromatic carbocycles. The van der Waals surface area contributed by atoms with Gasteiger partial charge in [-0.05, 0) is 55.5 Å². The minimum absolute atomic E-state index is 0.0766. The van der Waals surface area contributed by atoms with Crippen molar-refractivity contribution in [3.8, 4) is 11.1 Å². The highest BCUT2D eigenvalue weighted by atomic mass is 32.2. The Hall–Kier alpha value is -1.74. The minimum atomic E-state index is -3.70. The molecular formula is C20H26N2O4S2. The van der Waals surface area contributed by atoms with Gasteiger partial charge < -0.3 is 0 Å². The van der Waals surface area contributed by atoms with Gasteiger partial charge in [0.25, 0.3) is 0 Å². The first-order valence-corrected chi connectivity index (χ1v) is 12.4. The summed E-state index contributed by atoms with van der Waals surface area (Å²) in [5, 5.41) is 4.69. The van der Waals surface area contributed by atoms with Gasteiger partial charge in [0.15, 0.2) is 0 Å². The van der Waals surface area contributed by atoms with Crippen LogP contribution in [0.1, 0.15) is 44.6 Å². The first-order valence-electron chi connectivity index (χ1n) is 9.32. The Bertz CT molecular complexity index is 1030. The number of hydrogen-bond donors (Lipinski definition) is 2. The molecule has 28 heavy (non-hydrogen) atoms. The molecule has 2 unspecified atom stereocenters. The fourth-order valence-electron chi connectivity index (χ4n) is 3.61. The summed E-state index contributed by atoms with van der Waals surface area (Å²) >= 11 is 0. The zero-order chi connectivity index (χ0) is 20.5. The van der Waals surface area contributed by atoms with Crippen molar-refractivity contribution in [1.29, 1.82) is 0 Å². The third-order valence-corrected chi connectivity index (χ3v) is 8.11. The summed E-state index contributed by atoms with van der Waals surface area (Å²) in [6.45, 7) is 3.37. The molecule has 0 bridgehead atoms. The van der Waals surface area contributed by atoms with Gasteiger partial charge in [-0.3, -0.25) is 0 Å². The van der Waals surface area contributed by atoms with Gasteiger partial charge in [-0.1, -0.05) is 42.8 Å². The summed E-state index contributed by atoms with van der Waals surface area (Å²) in [6, 6.07) is 14.4. The fraction of sp³-hybridized carbons (Fsp3) is 0.400. The van der Waals surface area contributed by atoms with Crippen LogP contribution in [0.25, 0.3) is 11.1 Å². The molecule has 2 aromatic rings. The summed E-state index contributed by atoms with van der Waals surface area (Å²) in [5.41, 5.74) is 2.96. The fourth-order valence-corrected chi connectivity index (χ4v) is 5.10. The predicted molar refractivity (Wildman–Crippen MR) is 111 cm³/mol. The summed E-state index contributed by atoms with van der Waals surface area (Å²) in [5.74, 6) is 0.160. The molecular weight excluding hydrogens is 396 g/mol. The van der Waals surface area contributed by atoms with Crippen LogP contribution in [0.4, 0.5) is 0 Å². The van der Waals surface area contributed by atoms with Gasteiger partial charge in [-0.2, -0.15) is 0 Å². The van der Waals surface area contributed by atoms with Crippen molar-refractivity contribution in [2.75, 3.05) is 0 Å². The van der Waals surface area contributed by atoms with E-state index in [1.807, 2.05) is 24.3 Å². The molecule has 6 nitrogen and oxygen atoms in total. The maximum Gasteiger partial charge on any atom is 0.238 e. The number of hydrogen-bond acceptors (Lipinski definition) is 4. The van der Waals surface area contributed by atoms with Gasteiger partial charge in [0, 0.05) is 12.0 Å². The molecule has 1 saturated carbocycles. The number of nitrogens with two attached hydrogens (primary N) is 1. The maximum atomic E-state index is 12.2. The van der Waals surface area contributed by atoms with Crippen LogP contribution < -0.4 is 9.86 Å². The van der Waals surface area contributed by atoms with E-state index in [1.54, 1.807) is 26.0 Å². The van der Waals surface area contributed by atoms with Crippen molar-refractivity contribution >= 4 is 20.0 Å². The minimum Gasteiger partial charge on any atom is -0.225 e. The zero-order valence-electron chi connectivity index (χ0n) is 16.0. The van der Waals surface area contributed by atoms with E-state index in [1.165, 1.54) is 12.1 Å². The monoisotopic (exact) mass is 422 g/mol. The van der Waals surface area contributed by atoms with Crippen molar-refractivity contribution in [2.24, 2.45) is 5.14 Å². The van der Waals surface area contributed by atoms with E-state index < -0.39 is 25.3 Å². The molecule has 8 heteroatoms. The lowest BCUT2D eigenvalue weighted by Gasteiger charge is -2.23. The summed E-state index contributed by atoms with van der Waals surface area (Å²) in [6.07, 6.45) is 2.79. The van der Waals surface area contributed by atoms with Gasteiger partial charge in [-0.25, -0.2) is 26.7 Å². The molecule has 0 aromatic heterocycles. The second kappa shape index (κ2) is 7.94.